The van der Waals surface area contributed by atoms with Crippen LogP contribution >= 0.6 is 25.3 Å². The third-order valence-electron chi connectivity index (χ3n) is 2.12. The lowest BCUT2D eigenvalue weighted by molar-refractivity contribution is 0.627. The van der Waals surface area contributed by atoms with Crippen molar-refractivity contribution >= 4 is 25.3 Å². The predicted molar refractivity (Wildman–Crippen MR) is 66.3 cm³/mol. The number of hydrogen-bond acceptors (Lipinski definition) is 2. The van der Waals surface area contributed by atoms with E-state index < -0.39 is 0 Å². The highest BCUT2D eigenvalue weighted by Crippen LogP contribution is 2.28. The van der Waals surface area contributed by atoms with E-state index in [1.807, 2.05) is 24.3 Å². The van der Waals surface area contributed by atoms with Gasteiger partial charge in [0.05, 0.1) is 0 Å². The zero-order chi connectivity index (χ0) is 10.8. The molecule has 76 valence electrons. The normalized spacial score (nSPS) is 10.3. The molecular weight excluding hydrogens is 227 g/mol. The first kappa shape index (κ1) is 10.6. The molecule has 0 bridgehead atoms. The van der Waals surface area contributed by atoms with Gasteiger partial charge in [0.25, 0.3) is 0 Å². The molecule has 0 amide bonds. The summed E-state index contributed by atoms with van der Waals surface area (Å²) in [6, 6.07) is 12.1. The zero-order valence-electron chi connectivity index (χ0n) is 7.81. The third kappa shape index (κ3) is 2.36. The van der Waals surface area contributed by atoms with Crippen LogP contribution in [0.15, 0.2) is 52.3 Å². The molecule has 0 atom stereocenters. The van der Waals surface area contributed by atoms with E-state index in [1.54, 1.807) is 6.07 Å². The molecule has 15 heavy (non-hydrogen) atoms. The number of rotatable bonds is 1. The van der Waals surface area contributed by atoms with Gasteiger partial charge >= 0.3 is 0 Å². The van der Waals surface area contributed by atoms with Gasteiger partial charge in [-0.15, -0.1) is 25.3 Å². The van der Waals surface area contributed by atoms with Gasteiger partial charge in [-0.3, -0.25) is 0 Å². The molecule has 0 heterocycles. The fourth-order valence-corrected chi connectivity index (χ4v) is 1.91. The quantitative estimate of drug-likeness (QED) is 0.685. The van der Waals surface area contributed by atoms with Gasteiger partial charge in [-0.05, 0) is 41.5 Å². The summed E-state index contributed by atoms with van der Waals surface area (Å²) in [5.41, 5.74) is 1.71. The standard InChI is InChI=1S/C12H9FS2/c13-9-4-5-12(15)11(7-9)8-2-1-3-10(14)6-8/h1-7,14-15H. The fourth-order valence-electron chi connectivity index (χ4n) is 1.41. The number of halogens is 1. The minimum atomic E-state index is -0.257. The Hall–Kier alpha value is -0.930. The second-order valence-electron chi connectivity index (χ2n) is 3.21. The molecule has 0 saturated carbocycles. The number of hydrogen-bond donors (Lipinski definition) is 2. The van der Waals surface area contributed by atoms with Crippen LogP contribution in [-0.2, 0) is 0 Å². The maximum absolute atomic E-state index is 13.1. The lowest BCUT2D eigenvalue weighted by Crippen LogP contribution is -1.83. The average molecular weight is 236 g/mol. The van der Waals surface area contributed by atoms with Gasteiger partial charge < -0.3 is 0 Å². The monoisotopic (exact) mass is 236 g/mol. The van der Waals surface area contributed by atoms with Crippen molar-refractivity contribution in [1.82, 2.24) is 0 Å². The van der Waals surface area contributed by atoms with Crippen molar-refractivity contribution < 1.29 is 4.39 Å². The summed E-state index contributed by atoms with van der Waals surface area (Å²) < 4.78 is 13.1. The summed E-state index contributed by atoms with van der Waals surface area (Å²) in [5.74, 6) is -0.257. The number of benzene rings is 2. The van der Waals surface area contributed by atoms with Crippen LogP contribution in [0.1, 0.15) is 0 Å². The molecule has 0 N–H and O–H groups in total. The summed E-state index contributed by atoms with van der Waals surface area (Å²) in [7, 11) is 0. The smallest absolute Gasteiger partial charge is 0.123 e. The SMILES string of the molecule is Fc1ccc(S)c(-c2cccc(S)c2)c1. The lowest BCUT2D eigenvalue weighted by atomic mass is 10.1. The second kappa shape index (κ2) is 4.29. The minimum absolute atomic E-state index is 0.257. The van der Waals surface area contributed by atoms with E-state index in [9.17, 15) is 4.39 Å². The maximum atomic E-state index is 13.1. The Morgan fingerprint density at radius 2 is 1.73 bits per heavy atom. The van der Waals surface area contributed by atoms with Crippen molar-refractivity contribution in [3.05, 3.63) is 48.3 Å². The van der Waals surface area contributed by atoms with Crippen LogP contribution in [0.25, 0.3) is 11.1 Å². The molecule has 0 aliphatic heterocycles. The van der Waals surface area contributed by atoms with Gasteiger partial charge in [-0.1, -0.05) is 12.1 Å². The molecule has 0 aromatic heterocycles. The first-order valence-electron chi connectivity index (χ1n) is 4.45. The van der Waals surface area contributed by atoms with Gasteiger partial charge in [0.2, 0.25) is 0 Å². The van der Waals surface area contributed by atoms with E-state index in [-0.39, 0.29) is 5.82 Å². The summed E-state index contributed by atoms with van der Waals surface area (Å²) >= 11 is 8.54. The first-order valence-corrected chi connectivity index (χ1v) is 5.34. The molecule has 0 saturated heterocycles. The highest BCUT2D eigenvalue weighted by molar-refractivity contribution is 7.80. The summed E-state index contributed by atoms with van der Waals surface area (Å²) in [6.45, 7) is 0. The summed E-state index contributed by atoms with van der Waals surface area (Å²) in [4.78, 5) is 1.61. The fraction of sp³-hybridized carbons (Fsp3) is 0. The van der Waals surface area contributed by atoms with Gasteiger partial charge in [-0.25, -0.2) is 4.39 Å². The van der Waals surface area contributed by atoms with Crippen molar-refractivity contribution in [3.8, 4) is 11.1 Å². The zero-order valence-corrected chi connectivity index (χ0v) is 9.60. The van der Waals surface area contributed by atoms with E-state index >= 15 is 0 Å². The molecular formula is C12H9FS2. The molecule has 2 aromatic carbocycles. The van der Waals surface area contributed by atoms with Crippen molar-refractivity contribution in [2.75, 3.05) is 0 Å². The molecule has 0 aliphatic rings. The molecule has 2 aromatic rings. The van der Waals surface area contributed by atoms with Crippen molar-refractivity contribution in [1.29, 1.82) is 0 Å². The molecule has 0 fully saturated rings. The molecule has 0 unspecified atom stereocenters. The Balaban J connectivity index is 2.58. The van der Waals surface area contributed by atoms with E-state index in [0.29, 0.717) is 0 Å². The Kier molecular flexibility index (Phi) is 3.03. The Morgan fingerprint density at radius 1 is 0.933 bits per heavy atom. The van der Waals surface area contributed by atoms with Crippen LogP contribution in [0.3, 0.4) is 0 Å². The summed E-state index contributed by atoms with van der Waals surface area (Å²) in [5, 5.41) is 0. The van der Waals surface area contributed by atoms with Crippen molar-refractivity contribution in [2.24, 2.45) is 0 Å². The molecule has 0 radical (unpaired) electrons. The van der Waals surface area contributed by atoms with Gasteiger partial charge in [0.1, 0.15) is 5.82 Å². The van der Waals surface area contributed by atoms with E-state index in [0.717, 1.165) is 20.9 Å². The molecule has 3 heteroatoms. The van der Waals surface area contributed by atoms with E-state index in [2.05, 4.69) is 25.3 Å². The lowest BCUT2D eigenvalue weighted by Gasteiger charge is -2.05. The van der Waals surface area contributed by atoms with Crippen LogP contribution in [0.4, 0.5) is 4.39 Å². The highest BCUT2D eigenvalue weighted by Gasteiger charge is 2.03. The van der Waals surface area contributed by atoms with Gasteiger partial charge in [0, 0.05) is 9.79 Å². The van der Waals surface area contributed by atoms with Crippen molar-refractivity contribution in [3.63, 3.8) is 0 Å². The molecule has 0 spiro atoms. The Labute approximate surface area is 99.0 Å². The van der Waals surface area contributed by atoms with Crippen LogP contribution < -0.4 is 0 Å². The molecule has 2 rings (SSSR count). The largest absolute Gasteiger partial charge is 0.207 e. The Bertz CT molecular complexity index is 495. The highest BCUT2D eigenvalue weighted by atomic mass is 32.1. The summed E-state index contributed by atoms with van der Waals surface area (Å²) in [6.07, 6.45) is 0. The first-order chi connectivity index (χ1) is 7.16. The van der Waals surface area contributed by atoms with E-state index in [4.69, 9.17) is 0 Å². The average Bonchev–Trinajstić information content (AvgIpc) is 2.22. The topological polar surface area (TPSA) is 0 Å². The molecule has 0 nitrogen and oxygen atoms in total. The van der Waals surface area contributed by atoms with Crippen molar-refractivity contribution in [2.45, 2.75) is 9.79 Å². The van der Waals surface area contributed by atoms with Crippen LogP contribution in [0, 0.1) is 5.82 Å². The maximum Gasteiger partial charge on any atom is 0.123 e. The van der Waals surface area contributed by atoms with Crippen LogP contribution in [0.2, 0.25) is 0 Å². The van der Waals surface area contributed by atoms with E-state index in [1.165, 1.54) is 12.1 Å². The van der Waals surface area contributed by atoms with Gasteiger partial charge in [0.15, 0.2) is 0 Å². The number of thiol groups is 2. The van der Waals surface area contributed by atoms with Crippen LogP contribution in [0.5, 0.6) is 0 Å². The van der Waals surface area contributed by atoms with Crippen LogP contribution in [-0.4, -0.2) is 0 Å². The minimum Gasteiger partial charge on any atom is -0.207 e. The second-order valence-corrected chi connectivity index (χ2v) is 4.21. The third-order valence-corrected chi connectivity index (χ3v) is 2.78. The predicted octanol–water partition coefficient (Wildman–Crippen LogP) is 4.07. The molecule has 0 aliphatic carbocycles. The van der Waals surface area contributed by atoms with Gasteiger partial charge in [-0.2, -0.15) is 0 Å². The Morgan fingerprint density at radius 3 is 2.47 bits per heavy atom.